The van der Waals surface area contributed by atoms with Gasteiger partial charge in [0.15, 0.2) is 0 Å². The molecule has 1 aromatic heterocycles. The molecule has 1 amide bonds. The maximum absolute atomic E-state index is 12.9. The molecule has 1 aliphatic rings. The van der Waals surface area contributed by atoms with Crippen LogP contribution in [-0.2, 0) is 18.6 Å². The molecule has 5 heteroatoms. The summed E-state index contributed by atoms with van der Waals surface area (Å²) in [5.41, 5.74) is 6.42. The molecule has 3 nitrogen and oxygen atoms in total. The van der Waals surface area contributed by atoms with Crippen LogP contribution in [0.25, 0.3) is 0 Å². The number of hydrogen-bond acceptors (Lipinski definition) is 4. The van der Waals surface area contributed by atoms with Crippen molar-refractivity contribution in [3.8, 4) is 0 Å². The Morgan fingerprint density at radius 2 is 1.96 bits per heavy atom. The lowest BCUT2D eigenvalue weighted by Gasteiger charge is -2.25. The summed E-state index contributed by atoms with van der Waals surface area (Å²) in [7, 11) is 0. The monoisotopic (exact) mass is 380 g/mol. The summed E-state index contributed by atoms with van der Waals surface area (Å²) < 4.78 is 0. The summed E-state index contributed by atoms with van der Waals surface area (Å²) in [6.45, 7) is 0. The van der Waals surface area contributed by atoms with Crippen LogP contribution in [0.15, 0.2) is 64.3 Å². The van der Waals surface area contributed by atoms with Crippen LogP contribution >= 0.6 is 23.1 Å². The third-order valence-electron chi connectivity index (χ3n) is 4.67. The lowest BCUT2D eigenvalue weighted by molar-refractivity contribution is 0.0930. The van der Waals surface area contributed by atoms with Crippen LogP contribution in [0.3, 0.4) is 0 Å². The van der Waals surface area contributed by atoms with Gasteiger partial charge in [0.2, 0.25) is 0 Å². The van der Waals surface area contributed by atoms with Gasteiger partial charge in [-0.1, -0.05) is 36.4 Å². The van der Waals surface area contributed by atoms with E-state index in [2.05, 4.69) is 39.9 Å². The first-order chi connectivity index (χ1) is 12.8. The van der Waals surface area contributed by atoms with Gasteiger partial charge < -0.3 is 5.32 Å². The molecule has 3 aromatic rings. The van der Waals surface area contributed by atoms with Crippen LogP contribution in [-0.4, -0.2) is 16.9 Å². The summed E-state index contributed by atoms with van der Waals surface area (Å²) in [5.74, 6) is 0.806. The molecule has 132 valence electrons. The second-order valence-electron chi connectivity index (χ2n) is 6.45. The maximum atomic E-state index is 12.9. The topological polar surface area (TPSA) is 42.0 Å². The number of rotatable bonds is 5. The van der Waals surface area contributed by atoms with E-state index >= 15 is 0 Å². The summed E-state index contributed by atoms with van der Waals surface area (Å²) in [4.78, 5) is 18.2. The van der Waals surface area contributed by atoms with Crippen molar-refractivity contribution >= 4 is 29.0 Å². The zero-order chi connectivity index (χ0) is 17.8. The van der Waals surface area contributed by atoms with Gasteiger partial charge in [-0.3, -0.25) is 4.79 Å². The van der Waals surface area contributed by atoms with E-state index in [1.165, 1.54) is 11.1 Å². The Morgan fingerprint density at radius 3 is 2.81 bits per heavy atom. The highest BCUT2D eigenvalue weighted by Gasteiger charge is 2.21. The van der Waals surface area contributed by atoms with Gasteiger partial charge >= 0.3 is 0 Å². The van der Waals surface area contributed by atoms with Gasteiger partial charge in [-0.25, -0.2) is 4.98 Å². The van der Waals surface area contributed by atoms with Gasteiger partial charge in [-0.2, -0.15) is 0 Å². The highest BCUT2D eigenvalue weighted by Crippen LogP contribution is 2.27. The Kier molecular flexibility index (Phi) is 5.37. The quantitative estimate of drug-likeness (QED) is 0.651. The number of carbonyl (C=O) groups is 1. The number of nitrogens with zero attached hydrogens (tertiary/aromatic N) is 1. The molecule has 1 unspecified atom stereocenters. The van der Waals surface area contributed by atoms with Crippen LogP contribution in [0.1, 0.15) is 33.6 Å². The predicted octanol–water partition coefficient (Wildman–Crippen LogP) is 4.72. The van der Waals surface area contributed by atoms with Crippen LogP contribution in [0.5, 0.6) is 0 Å². The van der Waals surface area contributed by atoms with Crippen LogP contribution in [0.2, 0.25) is 0 Å². The third-order valence-corrected chi connectivity index (χ3v) is 6.42. The number of aryl methyl sites for hydroxylation is 1. The van der Waals surface area contributed by atoms with Gasteiger partial charge in [0, 0.05) is 22.1 Å². The SMILES string of the molecule is O=C(NC1CCc2ccccc2C1)c1ccccc1SCc1cscn1. The molecule has 0 saturated carbocycles. The van der Waals surface area contributed by atoms with E-state index in [-0.39, 0.29) is 11.9 Å². The number of thiazole rings is 1. The van der Waals surface area contributed by atoms with Crippen molar-refractivity contribution in [3.63, 3.8) is 0 Å². The van der Waals surface area contributed by atoms with E-state index in [0.717, 1.165) is 41.2 Å². The van der Waals surface area contributed by atoms with Gasteiger partial charge in [-0.15, -0.1) is 23.1 Å². The average Bonchev–Trinajstić information content (AvgIpc) is 3.20. The average molecular weight is 381 g/mol. The van der Waals surface area contributed by atoms with Crippen LogP contribution in [0, 0.1) is 0 Å². The minimum Gasteiger partial charge on any atom is -0.349 e. The molecule has 4 rings (SSSR count). The highest BCUT2D eigenvalue weighted by molar-refractivity contribution is 7.98. The van der Waals surface area contributed by atoms with Crippen molar-refractivity contribution in [1.82, 2.24) is 10.3 Å². The number of fused-ring (bicyclic) bond motifs is 1. The minimum absolute atomic E-state index is 0.0239. The van der Waals surface area contributed by atoms with E-state index in [1.54, 1.807) is 23.1 Å². The number of benzene rings is 2. The molecule has 1 heterocycles. The molecule has 1 N–H and O–H groups in total. The minimum atomic E-state index is 0.0239. The Labute approximate surface area is 161 Å². The normalized spacial score (nSPS) is 16.1. The summed E-state index contributed by atoms with van der Waals surface area (Å²) in [6.07, 6.45) is 2.94. The highest BCUT2D eigenvalue weighted by atomic mass is 32.2. The zero-order valence-corrected chi connectivity index (χ0v) is 16.0. The number of thioether (sulfide) groups is 1. The Bertz CT molecular complexity index is 893. The molecule has 1 atom stereocenters. The Balaban J connectivity index is 1.43. The van der Waals surface area contributed by atoms with Gasteiger partial charge in [0.25, 0.3) is 5.91 Å². The number of carbonyl (C=O) groups excluding carboxylic acids is 1. The van der Waals surface area contributed by atoms with Crippen molar-refractivity contribution in [2.45, 2.75) is 36.0 Å². The third kappa shape index (κ3) is 4.00. The standard InChI is InChI=1S/C21H20N2OS2/c24-21(23-17-10-9-15-5-1-2-6-16(15)11-17)19-7-3-4-8-20(19)26-13-18-12-25-14-22-18/h1-8,12,14,17H,9-11,13H2,(H,23,24). The molecule has 1 aliphatic carbocycles. The molecular weight excluding hydrogens is 360 g/mol. The van der Waals surface area contributed by atoms with Gasteiger partial charge in [0.05, 0.1) is 16.8 Å². The summed E-state index contributed by atoms with van der Waals surface area (Å²) in [6, 6.07) is 16.6. The van der Waals surface area contributed by atoms with E-state index in [9.17, 15) is 4.79 Å². The number of nitrogens with one attached hydrogen (secondary N) is 1. The summed E-state index contributed by atoms with van der Waals surface area (Å²) >= 11 is 3.27. The Morgan fingerprint density at radius 1 is 1.15 bits per heavy atom. The molecule has 0 radical (unpaired) electrons. The molecule has 0 bridgehead atoms. The van der Waals surface area contributed by atoms with E-state index in [0.29, 0.717) is 0 Å². The molecular formula is C21H20N2OS2. The van der Waals surface area contributed by atoms with Crippen LogP contribution in [0.4, 0.5) is 0 Å². The molecule has 0 spiro atoms. The Hall–Kier alpha value is -2.11. The van der Waals surface area contributed by atoms with E-state index in [1.807, 2.05) is 29.8 Å². The predicted molar refractivity (Wildman–Crippen MR) is 108 cm³/mol. The van der Waals surface area contributed by atoms with Crippen LogP contribution < -0.4 is 5.32 Å². The lowest BCUT2D eigenvalue weighted by Crippen LogP contribution is -2.39. The molecule has 2 aromatic carbocycles. The molecule has 26 heavy (non-hydrogen) atoms. The van der Waals surface area contributed by atoms with E-state index in [4.69, 9.17) is 0 Å². The van der Waals surface area contributed by atoms with Gasteiger partial charge in [-0.05, 0) is 42.5 Å². The number of amides is 1. The number of hydrogen-bond donors (Lipinski definition) is 1. The lowest BCUT2D eigenvalue weighted by atomic mass is 9.88. The largest absolute Gasteiger partial charge is 0.349 e. The second-order valence-corrected chi connectivity index (χ2v) is 8.18. The molecule has 0 aliphatic heterocycles. The fraction of sp³-hybridized carbons (Fsp3) is 0.238. The maximum Gasteiger partial charge on any atom is 0.252 e. The second kappa shape index (κ2) is 8.06. The fourth-order valence-electron chi connectivity index (χ4n) is 3.32. The van der Waals surface area contributed by atoms with Crippen molar-refractivity contribution in [2.75, 3.05) is 0 Å². The zero-order valence-electron chi connectivity index (χ0n) is 14.4. The fourth-order valence-corrected chi connectivity index (χ4v) is 4.94. The van der Waals surface area contributed by atoms with Crippen molar-refractivity contribution in [2.24, 2.45) is 0 Å². The first-order valence-corrected chi connectivity index (χ1v) is 10.7. The number of aromatic nitrogens is 1. The smallest absolute Gasteiger partial charge is 0.252 e. The van der Waals surface area contributed by atoms with E-state index < -0.39 is 0 Å². The first-order valence-electron chi connectivity index (χ1n) is 8.76. The van der Waals surface area contributed by atoms with Gasteiger partial charge in [0.1, 0.15) is 0 Å². The van der Waals surface area contributed by atoms with Crippen molar-refractivity contribution in [3.05, 3.63) is 81.8 Å². The molecule has 0 fully saturated rings. The first kappa shape index (κ1) is 17.3. The molecule has 0 saturated heterocycles. The summed E-state index contributed by atoms with van der Waals surface area (Å²) in [5, 5.41) is 5.29. The van der Waals surface area contributed by atoms with Crippen molar-refractivity contribution in [1.29, 1.82) is 0 Å². The van der Waals surface area contributed by atoms with Crippen molar-refractivity contribution < 1.29 is 4.79 Å².